The van der Waals surface area contributed by atoms with Gasteiger partial charge in [0, 0.05) is 0 Å². The summed E-state index contributed by atoms with van der Waals surface area (Å²) in [5, 5.41) is -0.471. The van der Waals surface area contributed by atoms with E-state index in [4.69, 9.17) is 4.55 Å². The first-order valence-electron chi connectivity index (χ1n) is 3.57. The molecule has 1 rings (SSSR count). The summed E-state index contributed by atoms with van der Waals surface area (Å²) in [4.78, 5) is 0. The molecule has 0 aliphatic heterocycles. The van der Waals surface area contributed by atoms with Crippen molar-refractivity contribution < 1.29 is 13.0 Å². The minimum atomic E-state index is -3.73. The molecule has 0 heterocycles. The van der Waals surface area contributed by atoms with Crippen molar-refractivity contribution in [1.29, 1.82) is 0 Å². The molecular formula is C6H13KO3S. The fourth-order valence-electron chi connectivity index (χ4n) is 1.36. The van der Waals surface area contributed by atoms with E-state index in [2.05, 4.69) is 0 Å². The van der Waals surface area contributed by atoms with E-state index in [9.17, 15) is 8.42 Å². The van der Waals surface area contributed by atoms with Crippen LogP contribution in [0.1, 0.15) is 32.1 Å². The van der Waals surface area contributed by atoms with Crippen LogP contribution in [0.5, 0.6) is 0 Å². The second-order valence-electron chi connectivity index (χ2n) is 2.77. The topological polar surface area (TPSA) is 54.4 Å². The average molecular weight is 204 g/mol. The third-order valence-electron chi connectivity index (χ3n) is 1.97. The minimum absolute atomic E-state index is 0. The van der Waals surface area contributed by atoms with Gasteiger partial charge < -0.3 is 0 Å². The van der Waals surface area contributed by atoms with Crippen LogP contribution >= 0.6 is 0 Å². The summed E-state index contributed by atoms with van der Waals surface area (Å²) < 4.78 is 29.7. The fraction of sp³-hybridized carbons (Fsp3) is 1.00. The van der Waals surface area contributed by atoms with Gasteiger partial charge in [0.1, 0.15) is 0 Å². The monoisotopic (exact) mass is 204 g/mol. The Morgan fingerprint density at radius 1 is 1.09 bits per heavy atom. The van der Waals surface area contributed by atoms with Gasteiger partial charge in [-0.2, -0.15) is 8.42 Å². The van der Waals surface area contributed by atoms with Gasteiger partial charge in [-0.1, -0.05) is 19.3 Å². The quantitative estimate of drug-likeness (QED) is 0.501. The summed E-state index contributed by atoms with van der Waals surface area (Å²) in [5.41, 5.74) is 0. The first-order valence-corrected chi connectivity index (χ1v) is 5.07. The van der Waals surface area contributed by atoms with E-state index in [1.165, 1.54) is 0 Å². The first kappa shape index (κ1) is 12.5. The Bertz CT molecular complexity index is 194. The molecule has 1 saturated carbocycles. The molecule has 1 aliphatic rings. The Hall–Kier alpha value is 1.55. The molecule has 0 spiro atoms. The molecule has 0 radical (unpaired) electrons. The van der Waals surface area contributed by atoms with E-state index in [0.29, 0.717) is 12.8 Å². The third-order valence-corrected chi connectivity index (χ3v) is 3.29. The molecule has 1 fully saturated rings. The predicted molar refractivity (Wildman–Crippen MR) is 45.6 cm³/mol. The molecule has 0 unspecified atom stereocenters. The summed E-state index contributed by atoms with van der Waals surface area (Å²) >= 11 is 0. The van der Waals surface area contributed by atoms with E-state index in [0.717, 1.165) is 19.3 Å². The summed E-state index contributed by atoms with van der Waals surface area (Å²) in [6.45, 7) is 0. The zero-order valence-corrected chi connectivity index (χ0v) is 6.60. The fourth-order valence-corrected chi connectivity index (χ4v) is 2.29. The van der Waals surface area contributed by atoms with Crippen molar-refractivity contribution in [3.05, 3.63) is 0 Å². The maximum atomic E-state index is 10.5. The molecule has 0 aromatic heterocycles. The Kier molecular flexibility index (Phi) is 6.06. The Morgan fingerprint density at radius 3 is 1.82 bits per heavy atom. The molecule has 1 N–H and O–H groups in total. The van der Waals surface area contributed by atoms with Gasteiger partial charge in [0.05, 0.1) is 5.25 Å². The second-order valence-corrected chi connectivity index (χ2v) is 4.47. The van der Waals surface area contributed by atoms with Crippen molar-refractivity contribution in [2.45, 2.75) is 37.4 Å². The van der Waals surface area contributed by atoms with E-state index in [-0.39, 0.29) is 51.4 Å². The Balaban J connectivity index is 0.000001000. The SMILES string of the molecule is O=S(=O)(O)C1CCCCC1.[KH]. The van der Waals surface area contributed by atoms with Crippen LogP contribution in [0.15, 0.2) is 0 Å². The van der Waals surface area contributed by atoms with Crippen molar-refractivity contribution >= 4 is 61.5 Å². The van der Waals surface area contributed by atoms with Crippen LogP contribution in [0.4, 0.5) is 0 Å². The molecule has 0 atom stereocenters. The number of hydrogen-bond acceptors (Lipinski definition) is 2. The molecule has 0 aromatic carbocycles. The van der Waals surface area contributed by atoms with Crippen LogP contribution in [0.2, 0.25) is 0 Å². The van der Waals surface area contributed by atoms with Crippen molar-refractivity contribution in [2.24, 2.45) is 0 Å². The zero-order valence-electron chi connectivity index (χ0n) is 5.78. The zero-order chi connectivity index (χ0) is 7.61. The second kappa shape index (κ2) is 5.31. The van der Waals surface area contributed by atoms with Crippen LogP contribution in [0.25, 0.3) is 0 Å². The number of hydrogen-bond donors (Lipinski definition) is 1. The van der Waals surface area contributed by atoms with Gasteiger partial charge in [0.2, 0.25) is 0 Å². The molecule has 0 bridgehead atoms. The van der Waals surface area contributed by atoms with Crippen LogP contribution in [-0.2, 0) is 10.1 Å². The predicted octanol–water partition coefficient (Wildman–Crippen LogP) is 0.558. The van der Waals surface area contributed by atoms with Crippen LogP contribution < -0.4 is 0 Å². The van der Waals surface area contributed by atoms with Crippen LogP contribution in [0.3, 0.4) is 0 Å². The van der Waals surface area contributed by atoms with E-state index in [1.807, 2.05) is 0 Å². The normalized spacial score (nSPS) is 20.8. The Morgan fingerprint density at radius 2 is 1.55 bits per heavy atom. The van der Waals surface area contributed by atoms with Gasteiger partial charge in [-0.25, -0.2) is 0 Å². The first-order chi connectivity index (χ1) is 4.61. The average Bonchev–Trinajstić information content (AvgIpc) is 1.88. The molecular weight excluding hydrogens is 191 g/mol. The standard InChI is InChI=1S/C6H12O3S.K.H/c7-10(8,9)6-4-2-1-3-5-6;;/h6H,1-5H2,(H,7,8,9);;. The molecule has 0 amide bonds. The van der Waals surface area contributed by atoms with E-state index < -0.39 is 15.4 Å². The molecule has 11 heavy (non-hydrogen) atoms. The van der Waals surface area contributed by atoms with E-state index >= 15 is 0 Å². The van der Waals surface area contributed by atoms with Crippen LogP contribution in [0, 0.1) is 0 Å². The van der Waals surface area contributed by atoms with Crippen LogP contribution in [-0.4, -0.2) is 69.6 Å². The van der Waals surface area contributed by atoms with Crippen molar-refractivity contribution in [3.8, 4) is 0 Å². The van der Waals surface area contributed by atoms with Crippen molar-refractivity contribution in [2.75, 3.05) is 0 Å². The maximum absolute atomic E-state index is 10.5. The van der Waals surface area contributed by atoms with Gasteiger partial charge in [0.25, 0.3) is 10.1 Å². The molecule has 1 aliphatic carbocycles. The van der Waals surface area contributed by atoms with Gasteiger partial charge in [-0.3, -0.25) is 4.55 Å². The summed E-state index contributed by atoms with van der Waals surface area (Å²) in [6, 6.07) is 0. The molecule has 62 valence electrons. The molecule has 5 heteroatoms. The van der Waals surface area contributed by atoms with Crippen molar-refractivity contribution in [3.63, 3.8) is 0 Å². The van der Waals surface area contributed by atoms with Gasteiger partial charge in [-0.15, -0.1) is 0 Å². The molecule has 3 nitrogen and oxygen atoms in total. The summed E-state index contributed by atoms with van der Waals surface area (Å²) in [5.74, 6) is 0. The Labute approximate surface area is 110 Å². The van der Waals surface area contributed by atoms with E-state index in [1.54, 1.807) is 0 Å². The summed E-state index contributed by atoms with van der Waals surface area (Å²) in [7, 11) is -3.73. The third kappa shape index (κ3) is 4.35. The van der Waals surface area contributed by atoms with Crippen molar-refractivity contribution in [1.82, 2.24) is 0 Å². The molecule has 0 saturated heterocycles. The number of rotatable bonds is 1. The van der Waals surface area contributed by atoms with Gasteiger partial charge in [-0.05, 0) is 12.8 Å². The summed E-state index contributed by atoms with van der Waals surface area (Å²) in [6.07, 6.45) is 4.25. The van der Waals surface area contributed by atoms with Gasteiger partial charge in [0.15, 0.2) is 0 Å². The molecule has 0 aromatic rings. The van der Waals surface area contributed by atoms with Gasteiger partial charge >= 0.3 is 51.4 Å².